The van der Waals surface area contributed by atoms with E-state index in [0.717, 1.165) is 22.4 Å². The van der Waals surface area contributed by atoms with E-state index in [0.29, 0.717) is 13.0 Å². The van der Waals surface area contributed by atoms with E-state index in [9.17, 15) is 9.59 Å². The van der Waals surface area contributed by atoms with Gasteiger partial charge in [-0.05, 0) is 68.5 Å². The van der Waals surface area contributed by atoms with Crippen molar-refractivity contribution in [3.63, 3.8) is 0 Å². The Bertz CT molecular complexity index is 876. The summed E-state index contributed by atoms with van der Waals surface area (Å²) in [5.41, 5.74) is 4.24. The zero-order chi connectivity index (χ0) is 22.3. The molecule has 2 aromatic rings. The lowest BCUT2D eigenvalue weighted by molar-refractivity contribution is -0.141. The van der Waals surface area contributed by atoms with Crippen LogP contribution in [0.25, 0.3) is 0 Å². The predicted molar refractivity (Wildman–Crippen MR) is 121 cm³/mol. The van der Waals surface area contributed by atoms with E-state index < -0.39 is 6.04 Å². The molecule has 0 aromatic heterocycles. The molecule has 0 fully saturated rings. The first kappa shape index (κ1) is 23.5. The van der Waals surface area contributed by atoms with Gasteiger partial charge >= 0.3 is 0 Å². The number of carbonyl (C=O) groups is 2. The highest BCUT2D eigenvalue weighted by atomic mass is 16.5. The average Bonchev–Trinajstić information content (AvgIpc) is 2.70. The van der Waals surface area contributed by atoms with Gasteiger partial charge in [-0.25, -0.2) is 0 Å². The quantitative estimate of drug-likeness (QED) is 0.674. The van der Waals surface area contributed by atoms with Crippen molar-refractivity contribution < 1.29 is 14.3 Å². The van der Waals surface area contributed by atoms with E-state index in [1.54, 1.807) is 12.0 Å². The molecular formula is C25H34N2O3. The van der Waals surface area contributed by atoms with Crippen LogP contribution in [0.2, 0.25) is 0 Å². The van der Waals surface area contributed by atoms with Crippen LogP contribution in [0.3, 0.4) is 0 Å². The molecule has 2 amide bonds. The molecule has 30 heavy (non-hydrogen) atoms. The van der Waals surface area contributed by atoms with Gasteiger partial charge in [-0.2, -0.15) is 0 Å². The Morgan fingerprint density at radius 1 is 1.03 bits per heavy atom. The van der Waals surface area contributed by atoms with Crippen LogP contribution in [-0.4, -0.2) is 35.9 Å². The van der Waals surface area contributed by atoms with Gasteiger partial charge in [0.25, 0.3) is 0 Å². The second-order valence-electron chi connectivity index (χ2n) is 8.06. The minimum atomic E-state index is -0.530. The van der Waals surface area contributed by atoms with Crippen molar-refractivity contribution in [3.05, 3.63) is 64.7 Å². The second-order valence-corrected chi connectivity index (χ2v) is 8.06. The van der Waals surface area contributed by atoms with E-state index in [2.05, 4.69) is 12.2 Å². The Labute approximate surface area is 180 Å². The van der Waals surface area contributed by atoms with Crippen LogP contribution in [0, 0.1) is 13.8 Å². The summed E-state index contributed by atoms with van der Waals surface area (Å²) < 4.78 is 5.32. The lowest BCUT2D eigenvalue weighted by Crippen LogP contribution is -2.50. The zero-order valence-electron chi connectivity index (χ0n) is 19.0. The van der Waals surface area contributed by atoms with Crippen LogP contribution in [-0.2, 0) is 22.6 Å². The number of nitrogens with one attached hydrogen (secondary N) is 1. The number of amides is 2. The Hall–Kier alpha value is -2.82. The van der Waals surface area contributed by atoms with E-state index in [1.165, 1.54) is 5.56 Å². The number of ether oxygens (including phenoxy) is 1. The molecule has 2 rings (SSSR count). The highest BCUT2D eigenvalue weighted by Crippen LogP contribution is 2.19. The van der Waals surface area contributed by atoms with Crippen molar-refractivity contribution in [3.8, 4) is 5.75 Å². The highest BCUT2D eigenvalue weighted by Gasteiger charge is 2.29. The Morgan fingerprint density at radius 3 is 2.37 bits per heavy atom. The van der Waals surface area contributed by atoms with Gasteiger partial charge in [0.1, 0.15) is 11.8 Å². The van der Waals surface area contributed by atoms with E-state index in [4.69, 9.17) is 4.74 Å². The van der Waals surface area contributed by atoms with Crippen LogP contribution in [0.5, 0.6) is 5.75 Å². The maximum atomic E-state index is 13.4. The summed E-state index contributed by atoms with van der Waals surface area (Å²) >= 11 is 0. The molecular weight excluding hydrogens is 376 g/mol. The maximum Gasteiger partial charge on any atom is 0.243 e. The lowest BCUT2D eigenvalue weighted by atomic mass is 10.0. The lowest BCUT2D eigenvalue weighted by Gasteiger charge is -2.31. The van der Waals surface area contributed by atoms with Crippen LogP contribution in [0.4, 0.5) is 0 Å². The molecule has 0 spiro atoms. The summed E-state index contributed by atoms with van der Waals surface area (Å²) in [5, 5.41) is 2.96. The topological polar surface area (TPSA) is 58.6 Å². The SMILES string of the molecule is CC[C@H](C(=O)NC(C)C)N(Cc1cccc(OC)c1)C(=O)Cc1ccc(C)c(C)c1. The van der Waals surface area contributed by atoms with Gasteiger partial charge in [-0.15, -0.1) is 0 Å². The number of methoxy groups -OCH3 is 1. The number of carbonyl (C=O) groups excluding carboxylic acids is 2. The molecule has 0 bridgehead atoms. The Morgan fingerprint density at radius 2 is 1.77 bits per heavy atom. The van der Waals surface area contributed by atoms with Crippen LogP contribution in [0.1, 0.15) is 49.4 Å². The molecule has 0 unspecified atom stereocenters. The zero-order valence-corrected chi connectivity index (χ0v) is 19.0. The fourth-order valence-electron chi connectivity index (χ4n) is 3.46. The molecule has 5 heteroatoms. The smallest absolute Gasteiger partial charge is 0.243 e. The number of benzene rings is 2. The summed E-state index contributed by atoms with van der Waals surface area (Å²) in [7, 11) is 1.62. The van der Waals surface area contributed by atoms with Crippen LogP contribution < -0.4 is 10.1 Å². The second kappa shape index (κ2) is 10.8. The van der Waals surface area contributed by atoms with Gasteiger partial charge in [0.2, 0.25) is 11.8 Å². The van der Waals surface area contributed by atoms with Gasteiger partial charge in [0.05, 0.1) is 13.5 Å². The summed E-state index contributed by atoms with van der Waals surface area (Å²) in [6.45, 7) is 10.2. The predicted octanol–water partition coefficient (Wildman–Crippen LogP) is 4.19. The molecule has 0 saturated carbocycles. The Kier molecular flexibility index (Phi) is 8.46. The number of hydrogen-bond acceptors (Lipinski definition) is 3. The number of nitrogens with zero attached hydrogens (tertiary/aromatic N) is 1. The summed E-state index contributed by atoms with van der Waals surface area (Å²) in [4.78, 5) is 27.9. The molecule has 2 aromatic carbocycles. The van der Waals surface area contributed by atoms with E-state index >= 15 is 0 Å². The molecule has 0 aliphatic heterocycles. The number of rotatable bonds is 9. The third kappa shape index (κ3) is 6.34. The van der Waals surface area contributed by atoms with Crippen molar-refractivity contribution in [2.75, 3.05) is 7.11 Å². The van der Waals surface area contributed by atoms with Gasteiger partial charge in [-0.3, -0.25) is 9.59 Å². The third-order valence-electron chi connectivity index (χ3n) is 5.23. The van der Waals surface area contributed by atoms with Gasteiger partial charge < -0.3 is 15.0 Å². The third-order valence-corrected chi connectivity index (χ3v) is 5.23. The van der Waals surface area contributed by atoms with Crippen molar-refractivity contribution >= 4 is 11.8 Å². The van der Waals surface area contributed by atoms with E-state index in [-0.39, 0.29) is 24.3 Å². The summed E-state index contributed by atoms with van der Waals surface area (Å²) in [6, 6.07) is 13.2. The first-order valence-electron chi connectivity index (χ1n) is 10.5. The normalized spacial score (nSPS) is 11.8. The van der Waals surface area contributed by atoms with Crippen molar-refractivity contribution in [2.24, 2.45) is 0 Å². The monoisotopic (exact) mass is 410 g/mol. The highest BCUT2D eigenvalue weighted by molar-refractivity contribution is 5.88. The van der Waals surface area contributed by atoms with Crippen molar-refractivity contribution in [1.29, 1.82) is 0 Å². The molecule has 0 aliphatic carbocycles. The minimum absolute atomic E-state index is 0.0140. The fourth-order valence-corrected chi connectivity index (χ4v) is 3.46. The van der Waals surface area contributed by atoms with Gasteiger partial charge in [0.15, 0.2) is 0 Å². The van der Waals surface area contributed by atoms with Crippen LogP contribution in [0.15, 0.2) is 42.5 Å². The van der Waals surface area contributed by atoms with Crippen LogP contribution >= 0.6 is 0 Å². The largest absolute Gasteiger partial charge is 0.497 e. The van der Waals surface area contributed by atoms with Gasteiger partial charge in [0, 0.05) is 12.6 Å². The molecule has 0 heterocycles. The number of aryl methyl sites for hydroxylation is 2. The van der Waals surface area contributed by atoms with Crippen molar-refractivity contribution in [2.45, 2.75) is 66.1 Å². The molecule has 0 saturated heterocycles. The average molecular weight is 411 g/mol. The maximum absolute atomic E-state index is 13.4. The van der Waals surface area contributed by atoms with Gasteiger partial charge in [-0.1, -0.05) is 37.3 Å². The first-order valence-corrected chi connectivity index (χ1v) is 10.5. The Balaban J connectivity index is 2.33. The molecule has 1 atom stereocenters. The number of hydrogen-bond donors (Lipinski definition) is 1. The molecule has 5 nitrogen and oxygen atoms in total. The summed E-state index contributed by atoms with van der Waals surface area (Å²) in [5.74, 6) is 0.546. The molecule has 0 radical (unpaired) electrons. The molecule has 1 N–H and O–H groups in total. The minimum Gasteiger partial charge on any atom is -0.497 e. The van der Waals surface area contributed by atoms with E-state index in [1.807, 2.05) is 70.2 Å². The molecule has 0 aliphatic rings. The van der Waals surface area contributed by atoms with Crippen molar-refractivity contribution in [1.82, 2.24) is 10.2 Å². The fraction of sp³-hybridized carbons (Fsp3) is 0.440. The first-order chi connectivity index (χ1) is 14.2. The molecule has 162 valence electrons. The standard InChI is InChI=1S/C25H34N2O3/c1-7-23(25(29)26-17(2)3)27(16-21-9-8-10-22(14-21)30-6)24(28)15-20-12-11-18(4)19(5)13-20/h8-14,17,23H,7,15-16H2,1-6H3,(H,26,29)/t23-/m1/s1. The summed E-state index contributed by atoms with van der Waals surface area (Å²) in [6.07, 6.45) is 0.803.